The first-order valence-corrected chi connectivity index (χ1v) is 13.5. The van der Waals surface area contributed by atoms with Gasteiger partial charge in [0.2, 0.25) is 17.7 Å². The lowest BCUT2D eigenvalue weighted by atomic mass is 9.81. The van der Waals surface area contributed by atoms with E-state index in [0.29, 0.717) is 26.2 Å². The van der Waals surface area contributed by atoms with Gasteiger partial charge in [0.15, 0.2) is 0 Å². The fourth-order valence-corrected chi connectivity index (χ4v) is 5.90. The standard InChI is InChI=1S/C25H35N3O4S/c1-33-16-11-21(28-24(30)19-9-5-6-10-20(19)25(28)31)23(29)26-17-22(18-7-3-2-4-8-18)27-12-14-32-15-13-27/h2-4,7-8,19-22H,5-6,9-17H2,1H3,(H,26,29). The van der Waals surface area contributed by atoms with Crippen LogP contribution in [0.2, 0.25) is 0 Å². The number of fused-ring (bicyclic) bond motifs is 1. The number of hydrogen-bond acceptors (Lipinski definition) is 6. The Morgan fingerprint density at radius 2 is 1.73 bits per heavy atom. The number of rotatable bonds is 9. The van der Waals surface area contributed by atoms with Crippen LogP contribution in [0.1, 0.15) is 43.7 Å². The lowest BCUT2D eigenvalue weighted by molar-refractivity contribution is -0.148. The molecular formula is C25H35N3O4S. The first kappa shape index (κ1) is 24.2. The molecule has 8 heteroatoms. The number of thioether (sulfide) groups is 1. The van der Waals surface area contributed by atoms with E-state index in [4.69, 9.17) is 4.74 Å². The second-order valence-corrected chi connectivity index (χ2v) is 10.1. The summed E-state index contributed by atoms with van der Waals surface area (Å²) in [4.78, 5) is 43.4. The second kappa shape index (κ2) is 11.5. The maximum Gasteiger partial charge on any atom is 0.243 e. The lowest BCUT2D eigenvalue weighted by Gasteiger charge is -2.35. The Labute approximate surface area is 200 Å². The molecule has 2 heterocycles. The highest BCUT2D eigenvalue weighted by Gasteiger charge is 2.51. The van der Waals surface area contributed by atoms with Crippen LogP contribution in [0.15, 0.2) is 30.3 Å². The Morgan fingerprint density at radius 3 is 2.33 bits per heavy atom. The summed E-state index contributed by atoms with van der Waals surface area (Å²) in [5.74, 6) is -0.255. The molecule has 0 spiro atoms. The predicted molar refractivity (Wildman–Crippen MR) is 129 cm³/mol. The number of nitrogens with one attached hydrogen (secondary N) is 1. The predicted octanol–water partition coefficient (Wildman–Crippen LogP) is 2.47. The number of benzene rings is 1. The minimum absolute atomic E-state index is 0.0211. The highest BCUT2D eigenvalue weighted by molar-refractivity contribution is 7.98. The molecule has 1 aromatic carbocycles. The second-order valence-electron chi connectivity index (χ2n) is 9.16. The van der Waals surface area contributed by atoms with Crippen LogP contribution in [-0.4, -0.2) is 78.4 Å². The highest BCUT2D eigenvalue weighted by Crippen LogP contribution is 2.39. The molecule has 2 saturated heterocycles. The van der Waals surface area contributed by atoms with Crippen molar-refractivity contribution in [2.75, 3.05) is 44.9 Å². The summed E-state index contributed by atoms with van der Waals surface area (Å²) in [7, 11) is 0. The zero-order valence-corrected chi connectivity index (χ0v) is 20.2. The maximum atomic E-state index is 13.4. The van der Waals surface area contributed by atoms with Crippen LogP contribution in [0.5, 0.6) is 0 Å². The van der Waals surface area contributed by atoms with Gasteiger partial charge >= 0.3 is 0 Å². The largest absolute Gasteiger partial charge is 0.379 e. The van der Waals surface area contributed by atoms with Crippen LogP contribution in [0.25, 0.3) is 0 Å². The van der Waals surface area contributed by atoms with Gasteiger partial charge in [-0.15, -0.1) is 0 Å². The molecule has 4 atom stereocenters. The third kappa shape index (κ3) is 5.44. The number of amides is 3. The van der Waals surface area contributed by atoms with Gasteiger partial charge in [-0.3, -0.25) is 24.2 Å². The molecule has 2 aliphatic heterocycles. The molecule has 4 rings (SSSR count). The van der Waals surface area contributed by atoms with Crippen molar-refractivity contribution in [1.82, 2.24) is 15.1 Å². The average Bonchev–Trinajstić information content (AvgIpc) is 3.11. The topological polar surface area (TPSA) is 79.0 Å². The van der Waals surface area contributed by atoms with Crippen molar-refractivity contribution in [1.29, 1.82) is 0 Å². The van der Waals surface area contributed by atoms with Crippen molar-refractivity contribution in [3.63, 3.8) is 0 Å². The molecule has 0 radical (unpaired) electrons. The molecule has 0 aromatic heterocycles. The smallest absolute Gasteiger partial charge is 0.243 e. The first-order valence-electron chi connectivity index (χ1n) is 12.1. The Morgan fingerprint density at radius 1 is 1.09 bits per heavy atom. The number of hydrogen-bond donors (Lipinski definition) is 1. The normalized spacial score (nSPS) is 25.5. The summed E-state index contributed by atoms with van der Waals surface area (Å²) >= 11 is 1.63. The van der Waals surface area contributed by atoms with E-state index in [1.165, 1.54) is 4.90 Å². The van der Waals surface area contributed by atoms with Crippen LogP contribution >= 0.6 is 11.8 Å². The van der Waals surface area contributed by atoms with E-state index >= 15 is 0 Å². The van der Waals surface area contributed by atoms with Gasteiger partial charge in [0.05, 0.1) is 31.1 Å². The molecule has 0 bridgehead atoms. The van der Waals surface area contributed by atoms with Crippen molar-refractivity contribution in [2.45, 2.75) is 44.2 Å². The van der Waals surface area contributed by atoms with E-state index in [1.54, 1.807) is 11.8 Å². The lowest BCUT2D eigenvalue weighted by Crippen LogP contribution is -2.52. The van der Waals surface area contributed by atoms with Gasteiger partial charge in [-0.25, -0.2) is 0 Å². The van der Waals surface area contributed by atoms with Crippen molar-refractivity contribution in [3.05, 3.63) is 35.9 Å². The van der Waals surface area contributed by atoms with E-state index in [2.05, 4.69) is 22.3 Å². The van der Waals surface area contributed by atoms with E-state index < -0.39 is 6.04 Å². The monoisotopic (exact) mass is 473 g/mol. The van der Waals surface area contributed by atoms with Gasteiger partial charge in [-0.1, -0.05) is 43.2 Å². The van der Waals surface area contributed by atoms with Crippen molar-refractivity contribution < 1.29 is 19.1 Å². The summed E-state index contributed by atoms with van der Waals surface area (Å²) in [5.41, 5.74) is 1.14. The summed E-state index contributed by atoms with van der Waals surface area (Å²) in [6, 6.07) is 9.45. The molecule has 7 nitrogen and oxygen atoms in total. The molecule has 3 amide bonds. The fraction of sp³-hybridized carbons (Fsp3) is 0.640. The molecule has 3 aliphatic rings. The SMILES string of the molecule is CSCCC(C(=O)NCC(c1ccccc1)N1CCOCC1)N1C(=O)C2CCCCC2C1=O. The van der Waals surface area contributed by atoms with Crippen molar-refractivity contribution in [2.24, 2.45) is 11.8 Å². The molecule has 3 fully saturated rings. The van der Waals surface area contributed by atoms with Crippen molar-refractivity contribution in [3.8, 4) is 0 Å². The Bertz CT molecular complexity index is 806. The number of nitrogens with zero attached hydrogens (tertiary/aromatic N) is 2. The number of likely N-dealkylation sites (tertiary alicyclic amines) is 1. The summed E-state index contributed by atoms with van der Waals surface area (Å²) in [5, 5.41) is 3.11. The molecule has 4 unspecified atom stereocenters. The van der Waals surface area contributed by atoms with Crippen LogP contribution in [0.3, 0.4) is 0 Å². The van der Waals surface area contributed by atoms with Crippen molar-refractivity contribution >= 4 is 29.5 Å². The van der Waals surface area contributed by atoms with Crippen LogP contribution in [0, 0.1) is 11.8 Å². The number of carbonyl (C=O) groups is 3. The number of carbonyl (C=O) groups excluding carboxylic acids is 3. The van der Waals surface area contributed by atoms with E-state index in [1.807, 2.05) is 24.5 Å². The quantitative estimate of drug-likeness (QED) is 0.555. The van der Waals surface area contributed by atoms with Gasteiger partial charge in [-0.2, -0.15) is 11.8 Å². The number of ether oxygens (including phenoxy) is 1. The Kier molecular flexibility index (Phi) is 8.44. The zero-order chi connectivity index (χ0) is 23.2. The van der Waals surface area contributed by atoms with Gasteiger partial charge in [0.25, 0.3) is 0 Å². The molecular weight excluding hydrogens is 438 g/mol. The van der Waals surface area contributed by atoms with Crippen LogP contribution in [0.4, 0.5) is 0 Å². The summed E-state index contributed by atoms with van der Waals surface area (Å²) < 4.78 is 5.52. The zero-order valence-electron chi connectivity index (χ0n) is 19.4. The Hall–Kier alpha value is -1.90. The van der Waals surface area contributed by atoms with E-state index in [0.717, 1.165) is 50.1 Å². The third-order valence-electron chi connectivity index (χ3n) is 7.23. The van der Waals surface area contributed by atoms with Crippen LogP contribution < -0.4 is 5.32 Å². The minimum atomic E-state index is -0.732. The fourth-order valence-electron chi connectivity index (χ4n) is 5.44. The van der Waals surface area contributed by atoms with Gasteiger partial charge in [0.1, 0.15) is 6.04 Å². The highest BCUT2D eigenvalue weighted by atomic mass is 32.2. The molecule has 1 aromatic rings. The maximum absolute atomic E-state index is 13.4. The number of imide groups is 1. The van der Waals surface area contributed by atoms with Crippen LogP contribution in [-0.2, 0) is 19.1 Å². The minimum Gasteiger partial charge on any atom is -0.379 e. The molecule has 1 saturated carbocycles. The summed E-state index contributed by atoms with van der Waals surface area (Å²) in [6.45, 7) is 3.39. The van der Waals surface area contributed by atoms with Gasteiger partial charge in [-0.05, 0) is 36.8 Å². The van der Waals surface area contributed by atoms with E-state index in [-0.39, 0.29) is 35.6 Å². The molecule has 180 valence electrons. The van der Waals surface area contributed by atoms with Gasteiger partial charge < -0.3 is 10.1 Å². The molecule has 1 N–H and O–H groups in total. The van der Waals surface area contributed by atoms with E-state index in [9.17, 15) is 14.4 Å². The molecule has 1 aliphatic carbocycles. The van der Waals surface area contributed by atoms with Gasteiger partial charge in [0, 0.05) is 19.6 Å². The molecule has 33 heavy (non-hydrogen) atoms. The Balaban J connectivity index is 1.49. The first-order chi connectivity index (χ1) is 16.1. The number of morpholine rings is 1. The summed E-state index contributed by atoms with van der Waals surface area (Å²) in [6.07, 6.45) is 5.94. The average molecular weight is 474 g/mol. The third-order valence-corrected chi connectivity index (χ3v) is 7.87.